The zero-order valence-electron chi connectivity index (χ0n) is 19.8. The number of halogens is 1. The molecule has 2 amide bonds. The van der Waals surface area contributed by atoms with Crippen LogP contribution in [0.3, 0.4) is 0 Å². The molecule has 0 aliphatic carbocycles. The van der Waals surface area contributed by atoms with Crippen molar-refractivity contribution in [1.82, 2.24) is 10.3 Å². The van der Waals surface area contributed by atoms with Gasteiger partial charge in [0, 0.05) is 35.0 Å². The summed E-state index contributed by atoms with van der Waals surface area (Å²) in [6, 6.07) is 15.9. The SMILES string of the molecule is CC.Cc1c(Oc2ccnc(NC(=O)C3=NCC=C3)c2)cccc1C(=O)NCc1cccc(Cl)c1. The van der Waals surface area contributed by atoms with E-state index in [1.807, 2.05) is 45.0 Å². The summed E-state index contributed by atoms with van der Waals surface area (Å²) in [5.74, 6) is 0.795. The van der Waals surface area contributed by atoms with Gasteiger partial charge in [-0.25, -0.2) is 4.98 Å². The number of nitrogens with one attached hydrogen (secondary N) is 2. The maximum atomic E-state index is 12.8. The Morgan fingerprint density at radius 2 is 1.86 bits per heavy atom. The highest BCUT2D eigenvalue weighted by atomic mass is 35.5. The molecule has 0 saturated carbocycles. The van der Waals surface area contributed by atoms with Crippen LogP contribution in [-0.2, 0) is 11.3 Å². The molecule has 7 nitrogen and oxygen atoms in total. The molecule has 8 heteroatoms. The van der Waals surface area contributed by atoms with Gasteiger partial charge in [-0.2, -0.15) is 0 Å². The highest BCUT2D eigenvalue weighted by Crippen LogP contribution is 2.28. The minimum atomic E-state index is -0.331. The van der Waals surface area contributed by atoms with E-state index < -0.39 is 0 Å². The van der Waals surface area contributed by atoms with Gasteiger partial charge in [0.1, 0.15) is 23.0 Å². The Kier molecular flexibility index (Phi) is 9.15. The number of benzene rings is 2. The van der Waals surface area contributed by atoms with Crippen molar-refractivity contribution in [1.29, 1.82) is 0 Å². The quantitative estimate of drug-likeness (QED) is 0.441. The van der Waals surface area contributed by atoms with Gasteiger partial charge in [0.15, 0.2) is 0 Å². The van der Waals surface area contributed by atoms with E-state index >= 15 is 0 Å². The number of nitrogens with zero attached hydrogens (tertiary/aromatic N) is 2. The molecule has 1 aliphatic heterocycles. The molecular formula is C27H27ClN4O3. The molecule has 0 spiro atoms. The summed E-state index contributed by atoms with van der Waals surface area (Å²) in [6.45, 7) is 6.68. The Morgan fingerprint density at radius 1 is 1.06 bits per heavy atom. The molecule has 0 bridgehead atoms. The third-order valence-corrected chi connectivity index (χ3v) is 5.18. The van der Waals surface area contributed by atoms with E-state index in [2.05, 4.69) is 20.6 Å². The fourth-order valence-corrected chi connectivity index (χ4v) is 3.47. The molecule has 0 fully saturated rings. The molecule has 3 aromatic rings. The van der Waals surface area contributed by atoms with E-state index in [0.717, 1.165) is 5.56 Å². The van der Waals surface area contributed by atoms with Crippen LogP contribution in [0.25, 0.3) is 0 Å². The fourth-order valence-electron chi connectivity index (χ4n) is 3.26. The van der Waals surface area contributed by atoms with Crippen LogP contribution in [0.2, 0.25) is 5.02 Å². The van der Waals surface area contributed by atoms with Crippen molar-refractivity contribution in [3.8, 4) is 11.5 Å². The number of hydrogen-bond acceptors (Lipinski definition) is 5. The summed E-state index contributed by atoms with van der Waals surface area (Å²) in [4.78, 5) is 33.2. The number of aliphatic imine (C=N–C) groups is 1. The molecule has 4 rings (SSSR count). The van der Waals surface area contributed by atoms with E-state index in [0.29, 0.717) is 52.3 Å². The average Bonchev–Trinajstić information content (AvgIpc) is 3.41. The monoisotopic (exact) mass is 490 g/mol. The molecule has 0 radical (unpaired) electrons. The van der Waals surface area contributed by atoms with Crippen LogP contribution in [0.4, 0.5) is 5.82 Å². The highest BCUT2D eigenvalue weighted by Gasteiger charge is 2.15. The van der Waals surface area contributed by atoms with Gasteiger partial charge in [-0.05, 0) is 48.9 Å². The van der Waals surface area contributed by atoms with Crippen molar-refractivity contribution >= 4 is 34.9 Å². The molecule has 2 N–H and O–H groups in total. The summed E-state index contributed by atoms with van der Waals surface area (Å²) < 4.78 is 5.99. The summed E-state index contributed by atoms with van der Waals surface area (Å²) in [5, 5.41) is 6.23. The zero-order chi connectivity index (χ0) is 25.2. The van der Waals surface area contributed by atoms with Gasteiger partial charge >= 0.3 is 0 Å². The predicted molar refractivity (Wildman–Crippen MR) is 140 cm³/mol. The van der Waals surface area contributed by atoms with Gasteiger partial charge in [-0.3, -0.25) is 14.6 Å². The van der Waals surface area contributed by atoms with Gasteiger partial charge < -0.3 is 15.4 Å². The second-order valence-corrected chi connectivity index (χ2v) is 7.74. The minimum absolute atomic E-state index is 0.217. The van der Waals surface area contributed by atoms with Crippen LogP contribution < -0.4 is 15.4 Å². The average molecular weight is 491 g/mol. The number of ether oxygens (including phenoxy) is 1. The molecule has 1 aliphatic rings. The summed E-state index contributed by atoms with van der Waals surface area (Å²) >= 11 is 6.01. The van der Waals surface area contributed by atoms with Gasteiger partial charge in [0.2, 0.25) is 0 Å². The molecular weight excluding hydrogens is 464 g/mol. The first kappa shape index (κ1) is 25.6. The van der Waals surface area contributed by atoms with Gasteiger partial charge in [-0.1, -0.05) is 49.7 Å². The lowest BCUT2D eigenvalue weighted by Crippen LogP contribution is -2.23. The van der Waals surface area contributed by atoms with Crippen LogP contribution in [-0.4, -0.2) is 29.1 Å². The van der Waals surface area contributed by atoms with Gasteiger partial charge in [0.25, 0.3) is 11.8 Å². The maximum Gasteiger partial charge on any atom is 0.274 e. The van der Waals surface area contributed by atoms with E-state index in [9.17, 15) is 9.59 Å². The standard InChI is InChI=1S/C25H21ClN4O3.C2H6/c1-16-20(24(31)29-15-17-5-2-6-18(26)13-17)7-3-9-22(16)33-19-10-12-28-23(14-19)30-25(32)21-8-4-11-27-21;1-2/h2-10,12-14H,11,15H2,1H3,(H,29,31)(H,28,30,32);1-2H3. The van der Waals surface area contributed by atoms with Crippen molar-refractivity contribution < 1.29 is 14.3 Å². The number of pyridine rings is 1. The number of aromatic nitrogens is 1. The molecule has 2 heterocycles. The van der Waals surface area contributed by atoms with Gasteiger partial charge in [-0.15, -0.1) is 0 Å². The van der Waals surface area contributed by atoms with Crippen molar-refractivity contribution in [2.75, 3.05) is 11.9 Å². The topological polar surface area (TPSA) is 92.7 Å². The number of hydrogen-bond donors (Lipinski definition) is 2. The Morgan fingerprint density at radius 3 is 2.60 bits per heavy atom. The maximum absolute atomic E-state index is 12.8. The van der Waals surface area contributed by atoms with Crippen molar-refractivity contribution in [2.24, 2.45) is 4.99 Å². The van der Waals surface area contributed by atoms with Crippen LogP contribution in [0.5, 0.6) is 11.5 Å². The summed E-state index contributed by atoms with van der Waals surface area (Å²) in [7, 11) is 0. The van der Waals surface area contributed by atoms with Gasteiger partial charge in [0.05, 0.1) is 6.54 Å². The van der Waals surface area contributed by atoms with Crippen LogP contribution in [0, 0.1) is 6.92 Å². The third kappa shape index (κ3) is 7.01. The first-order valence-electron chi connectivity index (χ1n) is 11.3. The van der Waals surface area contributed by atoms with Crippen molar-refractivity contribution in [3.63, 3.8) is 0 Å². The smallest absolute Gasteiger partial charge is 0.274 e. The molecule has 0 atom stereocenters. The number of anilines is 1. The molecule has 1 aromatic heterocycles. The zero-order valence-corrected chi connectivity index (χ0v) is 20.6. The molecule has 0 saturated heterocycles. The van der Waals surface area contributed by atoms with E-state index in [4.69, 9.17) is 16.3 Å². The Labute approximate surface area is 209 Å². The number of rotatable bonds is 7. The molecule has 35 heavy (non-hydrogen) atoms. The fraction of sp³-hybridized carbons (Fsp3) is 0.185. The Hall–Kier alpha value is -3.97. The molecule has 0 unspecified atom stereocenters. The highest BCUT2D eigenvalue weighted by molar-refractivity contribution is 6.47. The number of carbonyl (C=O) groups excluding carboxylic acids is 2. The van der Waals surface area contributed by atoms with Crippen LogP contribution in [0.15, 0.2) is 77.9 Å². The second kappa shape index (κ2) is 12.5. The van der Waals surface area contributed by atoms with Crippen LogP contribution >= 0.6 is 11.6 Å². The van der Waals surface area contributed by atoms with Crippen molar-refractivity contribution in [2.45, 2.75) is 27.3 Å². The van der Waals surface area contributed by atoms with E-state index in [1.165, 1.54) is 6.20 Å². The number of amides is 2. The third-order valence-electron chi connectivity index (χ3n) is 4.95. The van der Waals surface area contributed by atoms with Crippen LogP contribution in [0.1, 0.15) is 35.3 Å². The normalized spacial score (nSPS) is 11.7. The summed E-state index contributed by atoms with van der Waals surface area (Å²) in [5.41, 5.74) is 2.46. The Balaban J connectivity index is 0.00000167. The number of carbonyl (C=O) groups is 2. The summed E-state index contributed by atoms with van der Waals surface area (Å²) in [6.07, 6.45) is 5.01. The molecule has 2 aromatic carbocycles. The van der Waals surface area contributed by atoms with E-state index in [1.54, 1.807) is 42.5 Å². The minimum Gasteiger partial charge on any atom is -0.457 e. The predicted octanol–water partition coefficient (Wildman–Crippen LogP) is 5.74. The lowest BCUT2D eigenvalue weighted by Gasteiger charge is -2.13. The largest absolute Gasteiger partial charge is 0.457 e. The first-order valence-corrected chi connectivity index (χ1v) is 11.7. The molecule has 180 valence electrons. The lowest BCUT2D eigenvalue weighted by molar-refractivity contribution is -0.110. The van der Waals surface area contributed by atoms with Crippen molar-refractivity contribution in [3.05, 3.63) is 94.7 Å². The lowest BCUT2D eigenvalue weighted by atomic mass is 10.1. The van der Waals surface area contributed by atoms with E-state index in [-0.39, 0.29) is 11.8 Å². The second-order valence-electron chi connectivity index (χ2n) is 7.30. The first-order chi connectivity index (χ1) is 17.0. The Bertz CT molecular complexity index is 1270.